The van der Waals surface area contributed by atoms with Gasteiger partial charge >= 0.3 is 0 Å². The van der Waals surface area contributed by atoms with E-state index < -0.39 is 34.1 Å². The number of carbonyl (C=O) groups excluding carboxylic acids is 2. The van der Waals surface area contributed by atoms with Crippen LogP contribution in [0.4, 0.5) is 5.69 Å². The molecule has 2 amide bonds. The number of nitrogens with zero attached hydrogens (tertiary/aromatic N) is 2. The predicted octanol–water partition coefficient (Wildman–Crippen LogP) is 5.23. The fourth-order valence-electron chi connectivity index (χ4n) is 4.22. The van der Waals surface area contributed by atoms with E-state index >= 15 is 0 Å². The van der Waals surface area contributed by atoms with Gasteiger partial charge in [0.05, 0.1) is 22.7 Å². The van der Waals surface area contributed by atoms with Gasteiger partial charge in [-0.15, -0.1) is 0 Å². The quantitative estimate of drug-likeness (QED) is 0.326. The minimum atomic E-state index is -4.19. The largest absolute Gasteiger partial charge is 0.495 e. The average molecular weight is 600 g/mol. The number of hydrogen-bond acceptors (Lipinski definition) is 5. The highest BCUT2D eigenvalue weighted by Crippen LogP contribution is 2.32. The Labute approximate surface area is 248 Å². The Hall–Kier alpha value is -3.56. The molecule has 3 rings (SSSR count). The summed E-state index contributed by atoms with van der Waals surface area (Å²) in [5.41, 5.74) is 1.56. The van der Waals surface area contributed by atoms with Crippen LogP contribution in [0.25, 0.3) is 0 Å². The lowest BCUT2D eigenvalue weighted by atomic mass is 10.1. The predicted molar refractivity (Wildman–Crippen MR) is 163 cm³/mol. The Morgan fingerprint density at radius 2 is 1.63 bits per heavy atom. The minimum Gasteiger partial charge on any atom is -0.495 e. The highest BCUT2D eigenvalue weighted by atomic mass is 35.5. The molecule has 0 aliphatic carbocycles. The number of anilines is 1. The van der Waals surface area contributed by atoms with Gasteiger partial charge in [-0.25, -0.2) is 8.42 Å². The smallest absolute Gasteiger partial charge is 0.264 e. The van der Waals surface area contributed by atoms with E-state index in [2.05, 4.69) is 5.32 Å². The van der Waals surface area contributed by atoms with Gasteiger partial charge < -0.3 is 15.0 Å². The molecular weight excluding hydrogens is 562 g/mol. The van der Waals surface area contributed by atoms with E-state index in [1.54, 1.807) is 25.1 Å². The first kappa shape index (κ1) is 32.0. The van der Waals surface area contributed by atoms with Crippen molar-refractivity contribution >= 4 is 39.1 Å². The fraction of sp³-hybridized carbons (Fsp3) is 0.355. The standard InChI is InChI=1S/C31H38ClN3O5S/c1-22-12-15-26(16-13-22)41(38,39)35(25-14-17-28(40-6)27(32)20-25)21-29(36)34(19-18-24-10-8-7-9-11-24)23(2)30(37)33-31(3,4)5/h7-17,20,23H,18-19,21H2,1-6H3,(H,33,37)/t23-/m1/s1. The molecule has 0 fully saturated rings. The van der Waals surface area contributed by atoms with Crippen molar-refractivity contribution in [3.05, 3.63) is 88.9 Å². The van der Waals surface area contributed by atoms with Crippen molar-refractivity contribution in [1.82, 2.24) is 10.2 Å². The van der Waals surface area contributed by atoms with Crippen LogP contribution in [0.5, 0.6) is 5.75 Å². The fourth-order valence-corrected chi connectivity index (χ4v) is 5.88. The van der Waals surface area contributed by atoms with E-state index in [1.165, 1.54) is 36.3 Å². The van der Waals surface area contributed by atoms with Crippen LogP contribution in [-0.4, -0.2) is 56.9 Å². The number of ether oxygens (including phenoxy) is 1. The van der Waals surface area contributed by atoms with Gasteiger partial charge in [-0.3, -0.25) is 13.9 Å². The van der Waals surface area contributed by atoms with Crippen LogP contribution in [0.3, 0.4) is 0 Å². The third kappa shape index (κ3) is 8.47. The first-order valence-electron chi connectivity index (χ1n) is 13.3. The van der Waals surface area contributed by atoms with Crippen LogP contribution in [0.2, 0.25) is 5.02 Å². The highest BCUT2D eigenvalue weighted by Gasteiger charge is 2.33. The highest BCUT2D eigenvalue weighted by molar-refractivity contribution is 7.92. The molecule has 41 heavy (non-hydrogen) atoms. The summed E-state index contributed by atoms with van der Waals surface area (Å²) in [6.45, 7) is 8.75. The molecule has 0 heterocycles. The van der Waals surface area contributed by atoms with Gasteiger partial charge in [0.1, 0.15) is 18.3 Å². The molecule has 10 heteroatoms. The lowest BCUT2D eigenvalue weighted by Crippen LogP contribution is -2.55. The number of nitrogens with one attached hydrogen (secondary N) is 1. The second-order valence-electron chi connectivity index (χ2n) is 10.9. The van der Waals surface area contributed by atoms with Crippen LogP contribution in [-0.2, 0) is 26.0 Å². The first-order valence-corrected chi connectivity index (χ1v) is 15.1. The average Bonchev–Trinajstić information content (AvgIpc) is 2.91. The number of sulfonamides is 1. The molecule has 220 valence electrons. The number of carbonyl (C=O) groups is 2. The molecule has 0 saturated carbocycles. The molecule has 0 bridgehead atoms. The SMILES string of the molecule is COc1ccc(N(CC(=O)N(CCc2ccccc2)[C@H](C)C(=O)NC(C)(C)C)S(=O)(=O)c2ccc(C)cc2)cc1Cl. The van der Waals surface area contributed by atoms with Crippen molar-refractivity contribution in [3.8, 4) is 5.75 Å². The van der Waals surface area contributed by atoms with Crippen molar-refractivity contribution < 1.29 is 22.7 Å². The van der Waals surface area contributed by atoms with E-state index in [0.717, 1.165) is 15.4 Å². The Bertz CT molecular complexity index is 1460. The number of amides is 2. The molecule has 0 aliphatic rings. The Morgan fingerprint density at radius 1 is 1.00 bits per heavy atom. The minimum absolute atomic E-state index is 0.0252. The number of methoxy groups -OCH3 is 1. The second kappa shape index (κ2) is 13.4. The number of rotatable bonds is 11. The molecule has 0 saturated heterocycles. The molecule has 0 radical (unpaired) electrons. The zero-order valence-electron chi connectivity index (χ0n) is 24.3. The molecule has 8 nitrogen and oxygen atoms in total. The van der Waals surface area contributed by atoms with Crippen LogP contribution in [0, 0.1) is 6.92 Å². The van der Waals surface area contributed by atoms with Crippen molar-refractivity contribution in [2.24, 2.45) is 0 Å². The summed E-state index contributed by atoms with van der Waals surface area (Å²) in [6.07, 6.45) is 0.485. The van der Waals surface area contributed by atoms with E-state index in [1.807, 2.05) is 58.0 Å². The van der Waals surface area contributed by atoms with E-state index in [0.29, 0.717) is 12.2 Å². The number of aryl methyl sites for hydroxylation is 1. The maximum absolute atomic E-state index is 14.0. The maximum atomic E-state index is 14.0. The Morgan fingerprint density at radius 3 is 2.20 bits per heavy atom. The molecule has 1 atom stereocenters. The molecule has 3 aromatic rings. The molecule has 0 unspecified atom stereocenters. The molecule has 0 spiro atoms. The van der Waals surface area contributed by atoms with Crippen LogP contribution < -0.4 is 14.4 Å². The summed E-state index contributed by atoms with van der Waals surface area (Å²) in [5.74, 6) is -0.495. The zero-order chi connectivity index (χ0) is 30.4. The monoisotopic (exact) mass is 599 g/mol. The number of hydrogen-bond donors (Lipinski definition) is 1. The van der Waals surface area contributed by atoms with Gasteiger partial charge in [0, 0.05) is 12.1 Å². The lowest BCUT2D eigenvalue weighted by molar-refractivity contribution is -0.139. The lowest BCUT2D eigenvalue weighted by Gasteiger charge is -2.33. The topological polar surface area (TPSA) is 96.0 Å². The summed E-state index contributed by atoms with van der Waals surface area (Å²) in [4.78, 5) is 28.6. The van der Waals surface area contributed by atoms with Gasteiger partial charge in [-0.2, -0.15) is 0 Å². The molecule has 1 N–H and O–H groups in total. The Balaban J connectivity index is 2.02. The molecule has 3 aromatic carbocycles. The zero-order valence-corrected chi connectivity index (χ0v) is 25.9. The van der Waals surface area contributed by atoms with Gasteiger partial charge in [0.2, 0.25) is 11.8 Å². The van der Waals surface area contributed by atoms with E-state index in [4.69, 9.17) is 16.3 Å². The van der Waals surface area contributed by atoms with Gasteiger partial charge in [0.25, 0.3) is 10.0 Å². The van der Waals surface area contributed by atoms with Gasteiger partial charge in [0.15, 0.2) is 0 Å². The van der Waals surface area contributed by atoms with Crippen LogP contribution in [0.15, 0.2) is 77.7 Å². The third-order valence-corrected chi connectivity index (χ3v) is 8.54. The Kier molecular flexibility index (Phi) is 10.4. The first-order chi connectivity index (χ1) is 19.2. The van der Waals surface area contributed by atoms with Gasteiger partial charge in [-0.05, 0) is 76.9 Å². The summed E-state index contributed by atoms with van der Waals surface area (Å²) >= 11 is 6.37. The normalized spacial score (nSPS) is 12.4. The van der Waals surface area contributed by atoms with E-state index in [-0.39, 0.29) is 28.1 Å². The van der Waals surface area contributed by atoms with Crippen molar-refractivity contribution in [2.75, 3.05) is 24.5 Å². The summed E-state index contributed by atoms with van der Waals surface area (Å²) in [6, 6.07) is 19.7. The number of halogens is 1. The molecule has 0 aliphatic heterocycles. The van der Waals surface area contributed by atoms with E-state index in [9.17, 15) is 18.0 Å². The second-order valence-corrected chi connectivity index (χ2v) is 13.2. The summed E-state index contributed by atoms with van der Waals surface area (Å²) in [5, 5.41) is 3.12. The van der Waals surface area contributed by atoms with Crippen molar-refractivity contribution in [1.29, 1.82) is 0 Å². The molecule has 0 aromatic heterocycles. The third-order valence-electron chi connectivity index (χ3n) is 6.46. The van der Waals surface area contributed by atoms with Crippen molar-refractivity contribution in [2.45, 2.75) is 57.5 Å². The summed E-state index contributed by atoms with van der Waals surface area (Å²) < 4.78 is 34.1. The maximum Gasteiger partial charge on any atom is 0.264 e. The summed E-state index contributed by atoms with van der Waals surface area (Å²) in [7, 11) is -2.73. The molecular formula is C31H38ClN3O5S. The number of benzene rings is 3. The van der Waals surface area contributed by atoms with Gasteiger partial charge in [-0.1, -0.05) is 59.6 Å². The van der Waals surface area contributed by atoms with Crippen LogP contribution >= 0.6 is 11.6 Å². The van der Waals surface area contributed by atoms with Crippen molar-refractivity contribution in [3.63, 3.8) is 0 Å². The van der Waals surface area contributed by atoms with Crippen LogP contribution in [0.1, 0.15) is 38.8 Å².